The van der Waals surface area contributed by atoms with Crippen LogP contribution in [0.3, 0.4) is 0 Å². The van der Waals surface area contributed by atoms with Gasteiger partial charge in [0.2, 0.25) is 5.91 Å². The van der Waals surface area contributed by atoms with E-state index in [2.05, 4.69) is 30.2 Å². The maximum atomic E-state index is 14.5. The van der Waals surface area contributed by atoms with Gasteiger partial charge in [0.15, 0.2) is 18.4 Å². The maximum Gasteiger partial charge on any atom is 0.509 e. The predicted molar refractivity (Wildman–Crippen MR) is 96.7 cm³/mol. The van der Waals surface area contributed by atoms with Crippen LogP contribution >= 0.6 is 0 Å². The monoisotopic (exact) mass is 478 g/mol. The van der Waals surface area contributed by atoms with E-state index in [1.807, 2.05) is 0 Å². The van der Waals surface area contributed by atoms with E-state index in [1.165, 1.54) is 23.0 Å². The van der Waals surface area contributed by atoms with Gasteiger partial charge >= 0.3 is 24.3 Å². The minimum absolute atomic E-state index is 0.0791. The summed E-state index contributed by atoms with van der Waals surface area (Å²) in [6.07, 6.45) is -6.06. The molecule has 2 fully saturated rings. The van der Waals surface area contributed by atoms with E-state index in [4.69, 9.17) is 0 Å². The third kappa shape index (κ3) is 4.73. The molecule has 0 saturated carbocycles. The van der Waals surface area contributed by atoms with Gasteiger partial charge in [0, 0.05) is 18.9 Å². The van der Waals surface area contributed by atoms with E-state index < -0.39 is 61.9 Å². The maximum absolute atomic E-state index is 14.5. The summed E-state index contributed by atoms with van der Waals surface area (Å²) in [5.41, 5.74) is 0.407. The van der Waals surface area contributed by atoms with E-state index in [1.54, 1.807) is 0 Å². The molecule has 2 aliphatic rings. The molecule has 2 aromatic rings. The van der Waals surface area contributed by atoms with Crippen molar-refractivity contribution in [3.8, 4) is 0 Å². The van der Waals surface area contributed by atoms with Crippen molar-refractivity contribution in [2.75, 3.05) is 31.1 Å². The Labute approximate surface area is 180 Å². The zero-order chi connectivity index (χ0) is 24.0. The molecule has 0 radical (unpaired) electrons. The number of carbonyl (C=O) groups excluding carboxylic acids is 3. The Morgan fingerprint density at radius 1 is 1.30 bits per heavy atom. The highest BCUT2D eigenvalue weighted by atomic mass is 19.4. The summed E-state index contributed by atoms with van der Waals surface area (Å²) in [4.78, 5) is 40.1. The van der Waals surface area contributed by atoms with Crippen molar-refractivity contribution in [1.82, 2.24) is 25.2 Å². The number of anilines is 1. The van der Waals surface area contributed by atoms with E-state index in [-0.39, 0.29) is 23.6 Å². The number of ether oxygens (including phenoxy) is 2. The molecule has 0 aromatic carbocycles. The fourth-order valence-electron chi connectivity index (χ4n) is 3.44. The van der Waals surface area contributed by atoms with Gasteiger partial charge in [-0.3, -0.25) is 10.1 Å². The number of nitrogens with zero attached hydrogens (tertiary/aromatic N) is 4. The fourth-order valence-corrected chi connectivity index (χ4v) is 3.44. The van der Waals surface area contributed by atoms with Crippen molar-refractivity contribution in [3.05, 3.63) is 24.2 Å². The normalized spacial score (nSPS) is 22.8. The van der Waals surface area contributed by atoms with Crippen LogP contribution < -0.4 is 15.5 Å². The number of imide groups is 1. The van der Waals surface area contributed by atoms with Crippen molar-refractivity contribution in [3.63, 3.8) is 0 Å². The summed E-state index contributed by atoms with van der Waals surface area (Å²) in [6.45, 7) is -3.60. The molecule has 0 bridgehead atoms. The molecule has 178 valence electrons. The molecule has 4 rings (SSSR count). The summed E-state index contributed by atoms with van der Waals surface area (Å²) in [6, 6.07) is 0.654. The van der Waals surface area contributed by atoms with E-state index in [9.17, 15) is 36.3 Å². The third-order valence-corrected chi connectivity index (χ3v) is 4.93. The highest BCUT2D eigenvalue weighted by Gasteiger charge is 2.52. The van der Waals surface area contributed by atoms with Gasteiger partial charge in [-0.25, -0.2) is 27.9 Å². The van der Waals surface area contributed by atoms with Crippen LogP contribution in [0.25, 0.3) is 5.65 Å². The van der Waals surface area contributed by atoms with Gasteiger partial charge in [-0.1, -0.05) is 0 Å². The largest absolute Gasteiger partial charge is 0.509 e. The lowest BCUT2D eigenvalue weighted by atomic mass is 10.0. The fraction of sp³-hybridized carbons (Fsp3) is 0.471. The Morgan fingerprint density at radius 2 is 2.06 bits per heavy atom. The predicted octanol–water partition coefficient (Wildman–Crippen LogP) is 1.19. The molecule has 0 spiro atoms. The van der Waals surface area contributed by atoms with E-state index in [0.29, 0.717) is 0 Å². The van der Waals surface area contributed by atoms with Crippen molar-refractivity contribution in [1.29, 1.82) is 0 Å². The quantitative estimate of drug-likeness (QED) is 0.496. The first-order valence-electron chi connectivity index (χ1n) is 9.39. The lowest BCUT2D eigenvalue weighted by Crippen LogP contribution is -2.51. The van der Waals surface area contributed by atoms with Crippen LogP contribution in [0.15, 0.2) is 18.5 Å². The van der Waals surface area contributed by atoms with Crippen molar-refractivity contribution in [2.24, 2.45) is 0 Å². The van der Waals surface area contributed by atoms with Gasteiger partial charge in [0.25, 0.3) is 0 Å². The number of rotatable bonds is 4. The molecular weight excluding hydrogens is 463 g/mol. The Kier molecular flexibility index (Phi) is 5.45. The molecular formula is C17H15F5N6O5. The second-order valence-corrected chi connectivity index (χ2v) is 7.30. The SMILES string of the molecule is O=C1NCC(c2cc(N3C[C@@H](OC(=O)OCC(F)(F)F)C(F)(F)C3)c3nccn3n2)C(=O)N1. The minimum atomic E-state index is -4.84. The molecule has 2 atom stereocenters. The summed E-state index contributed by atoms with van der Waals surface area (Å²) in [5, 5.41) is 8.75. The molecule has 16 heteroatoms. The number of fused-ring (bicyclic) bond motifs is 1. The zero-order valence-electron chi connectivity index (χ0n) is 16.4. The van der Waals surface area contributed by atoms with Crippen LogP contribution in [0.2, 0.25) is 0 Å². The van der Waals surface area contributed by atoms with Crippen molar-refractivity contribution in [2.45, 2.75) is 24.1 Å². The molecule has 2 N–H and O–H groups in total. The van der Waals surface area contributed by atoms with Gasteiger partial charge in [0.05, 0.1) is 30.4 Å². The summed E-state index contributed by atoms with van der Waals surface area (Å²) < 4.78 is 75.1. The standard InChI is InChI=1S/C17H15F5N6O5/c18-16(19)6-27(5-11(16)33-15(31)32-7-17(20,21)22)10-3-9(26-28-2-1-23-12(10)28)8-4-24-14(30)25-13(8)29/h1-3,8,11H,4-7H2,(H2,24,25,29,30)/t8?,11-/m1/s1. The van der Waals surface area contributed by atoms with Crippen LogP contribution in [-0.2, 0) is 14.3 Å². The number of carbonyl (C=O) groups is 3. The van der Waals surface area contributed by atoms with Crippen LogP contribution in [0.5, 0.6) is 0 Å². The van der Waals surface area contributed by atoms with Gasteiger partial charge < -0.3 is 19.7 Å². The molecule has 33 heavy (non-hydrogen) atoms. The topological polar surface area (TPSA) is 127 Å². The Hall–Kier alpha value is -3.72. The summed E-state index contributed by atoms with van der Waals surface area (Å²) in [7, 11) is 0. The molecule has 2 saturated heterocycles. The first kappa shape index (κ1) is 22.5. The first-order chi connectivity index (χ1) is 15.4. The second-order valence-electron chi connectivity index (χ2n) is 7.30. The number of halogens is 5. The van der Waals surface area contributed by atoms with Crippen LogP contribution in [0.4, 0.5) is 37.2 Å². The van der Waals surface area contributed by atoms with Crippen LogP contribution in [0.1, 0.15) is 11.6 Å². The number of hydrogen-bond donors (Lipinski definition) is 2. The van der Waals surface area contributed by atoms with E-state index >= 15 is 0 Å². The average molecular weight is 478 g/mol. The number of aromatic nitrogens is 3. The van der Waals surface area contributed by atoms with Crippen molar-refractivity contribution < 1.29 is 45.8 Å². The molecule has 2 aromatic heterocycles. The van der Waals surface area contributed by atoms with Crippen LogP contribution in [-0.4, -0.2) is 77.1 Å². The van der Waals surface area contributed by atoms with Crippen LogP contribution in [0, 0.1) is 0 Å². The zero-order valence-corrected chi connectivity index (χ0v) is 16.4. The van der Waals surface area contributed by atoms with E-state index in [0.717, 1.165) is 4.90 Å². The van der Waals surface area contributed by atoms with Gasteiger partial charge in [-0.2, -0.15) is 18.3 Å². The summed E-state index contributed by atoms with van der Waals surface area (Å²) >= 11 is 0. The second kappa shape index (κ2) is 8.00. The number of imidazole rings is 1. The minimum Gasteiger partial charge on any atom is -0.425 e. The average Bonchev–Trinajstić information content (AvgIpc) is 3.29. The number of amides is 3. The van der Waals surface area contributed by atoms with Gasteiger partial charge in [-0.15, -0.1) is 0 Å². The number of urea groups is 1. The molecule has 4 heterocycles. The first-order valence-corrected chi connectivity index (χ1v) is 9.39. The third-order valence-electron chi connectivity index (χ3n) is 4.93. The van der Waals surface area contributed by atoms with Crippen molar-refractivity contribution >= 4 is 29.4 Å². The highest BCUT2D eigenvalue weighted by molar-refractivity contribution is 6.00. The Morgan fingerprint density at radius 3 is 2.76 bits per heavy atom. The molecule has 2 aliphatic heterocycles. The lowest BCUT2D eigenvalue weighted by Gasteiger charge is -2.24. The molecule has 1 unspecified atom stereocenters. The molecule has 0 aliphatic carbocycles. The van der Waals surface area contributed by atoms with Gasteiger partial charge in [0.1, 0.15) is 0 Å². The molecule has 11 nitrogen and oxygen atoms in total. The van der Waals surface area contributed by atoms with Gasteiger partial charge in [-0.05, 0) is 6.07 Å². The number of alkyl halides is 5. The smallest absolute Gasteiger partial charge is 0.425 e. The molecule has 3 amide bonds. The summed E-state index contributed by atoms with van der Waals surface area (Å²) in [5.74, 6) is -5.18. The Balaban J connectivity index is 1.57. The number of nitrogens with one attached hydrogen (secondary N) is 2. The Bertz CT molecular complexity index is 1110. The highest BCUT2D eigenvalue weighted by Crippen LogP contribution is 2.36. The number of hydrogen-bond acceptors (Lipinski definition) is 8. The lowest BCUT2D eigenvalue weighted by molar-refractivity contribution is -0.171.